The molecular weight excluding hydrogens is 272 g/mol. The number of aryl methyl sites for hydroxylation is 1. The highest BCUT2D eigenvalue weighted by Gasteiger charge is 2.23. The molecule has 1 saturated heterocycles. The second kappa shape index (κ2) is 5.87. The Morgan fingerprint density at radius 2 is 2.40 bits per heavy atom. The van der Waals surface area contributed by atoms with E-state index in [1.807, 2.05) is 24.6 Å². The molecule has 106 valence electrons. The second-order valence-corrected chi connectivity index (χ2v) is 5.76. The molecule has 2 aromatic rings. The molecule has 0 aromatic carbocycles. The van der Waals surface area contributed by atoms with Crippen molar-refractivity contribution in [2.75, 3.05) is 25.4 Å². The third kappa shape index (κ3) is 3.15. The van der Waals surface area contributed by atoms with Crippen LogP contribution in [0.5, 0.6) is 0 Å². The molecule has 1 fully saturated rings. The Morgan fingerprint density at radius 1 is 1.50 bits per heavy atom. The summed E-state index contributed by atoms with van der Waals surface area (Å²) in [5.74, 6) is 0. The van der Waals surface area contributed by atoms with Gasteiger partial charge in [0.25, 0.3) is 0 Å². The summed E-state index contributed by atoms with van der Waals surface area (Å²) >= 11 is 1.63. The average Bonchev–Trinajstić information content (AvgIpc) is 2.91. The fraction of sp³-hybridized carbons (Fsp3) is 0.429. The van der Waals surface area contributed by atoms with E-state index < -0.39 is 0 Å². The maximum Gasteiger partial charge on any atom is 0.112 e. The number of ether oxygens (including phenoxy) is 1. The van der Waals surface area contributed by atoms with Crippen LogP contribution >= 0.6 is 11.3 Å². The summed E-state index contributed by atoms with van der Waals surface area (Å²) in [6.07, 6.45) is -0.00964. The van der Waals surface area contributed by atoms with Crippen LogP contribution < -0.4 is 5.73 Å². The molecule has 3 heterocycles. The van der Waals surface area contributed by atoms with Crippen molar-refractivity contribution in [1.29, 1.82) is 0 Å². The van der Waals surface area contributed by atoms with E-state index in [4.69, 9.17) is 10.5 Å². The van der Waals surface area contributed by atoms with Crippen molar-refractivity contribution in [2.45, 2.75) is 19.6 Å². The highest BCUT2D eigenvalue weighted by atomic mass is 32.1. The number of aromatic nitrogens is 2. The van der Waals surface area contributed by atoms with Crippen molar-refractivity contribution < 1.29 is 4.74 Å². The van der Waals surface area contributed by atoms with Crippen LogP contribution in [0.15, 0.2) is 23.0 Å². The van der Waals surface area contributed by atoms with Crippen LogP contribution in [0.4, 0.5) is 5.69 Å². The molecule has 0 unspecified atom stereocenters. The zero-order valence-corrected chi connectivity index (χ0v) is 12.3. The molecule has 5 nitrogen and oxygen atoms in total. The van der Waals surface area contributed by atoms with Crippen LogP contribution in [0.2, 0.25) is 0 Å². The van der Waals surface area contributed by atoms with Gasteiger partial charge in [-0.05, 0) is 19.1 Å². The van der Waals surface area contributed by atoms with E-state index >= 15 is 0 Å². The van der Waals surface area contributed by atoms with E-state index in [0.29, 0.717) is 6.61 Å². The Bertz CT molecular complexity index is 552. The van der Waals surface area contributed by atoms with Crippen LogP contribution in [0.3, 0.4) is 0 Å². The van der Waals surface area contributed by atoms with Gasteiger partial charge in [-0.2, -0.15) is 0 Å². The van der Waals surface area contributed by atoms with Gasteiger partial charge in [-0.3, -0.25) is 9.88 Å². The lowest BCUT2D eigenvalue weighted by atomic mass is 10.1. The lowest BCUT2D eigenvalue weighted by Crippen LogP contribution is -2.38. The largest absolute Gasteiger partial charge is 0.399 e. The predicted octanol–water partition coefficient (Wildman–Crippen LogP) is 2.00. The first-order valence-electron chi connectivity index (χ1n) is 6.66. The monoisotopic (exact) mass is 290 g/mol. The Balaban J connectivity index is 1.71. The van der Waals surface area contributed by atoms with Crippen LogP contribution in [0.1, 0.15) is 23.2 Å². The average molecular weight is 290 g/mol. The highest BCUT2D eigenvalue weighted by molar-refractivity contribution is 7.07. The van der Waals surface area contributed by atoms with Crippen LogP contribution in [0, 0.1) is 6.92 Å². The summed E-state index contributed by atoms with van der Waals surface area (Å²) in [4.78, 5) is 11.2. The van der Waals surface area contributed by atoms with Gasteiger partial charge in [-0.25, -0.2) is 4.98 Å². The minimum absolute atomic E-state index is 0.00964. The summed E-state index contributed by atoms with van der Waals surface area (Å²) in [6.45, 7) is 5.29. The van der Waals surface area contributed by atoms with E-state index in [9.17, 15) is 0 Å². The lowest BCUT2D eigenvalue weighted by Gasteiger charge is -2.32. The number of anilines is 1. The van der Waals surface area contributed by atoms with E-state index in [0.717, 1.165) is 42.4 Å². The molecule has 1 aliphatic heterocycles. The Labute approximate surface area is 122 Å². The summed E-state index contributed by atoms with van der Waals surface area (Å²) in [5, 5.41) is 2.09. The molecule has 0 spiro atoms. The van der Waals surface area contributed by atoms with E-state index in [-0.39, 0.29) is 6.10 Å². The topological polar surface area (TPSA) is 64.3 Å². The Hall–Kier alpha value is -1.50. The van der Waals surface area contributed by atoms with Gasteiger partial charge in [-0.15, -0.1) is 11.3 Å². The predicted molar refractivity (Wildman–Crippen MR) is 79.5 cm³/mol. The Kier molecular flexibility index (Phi) is 3.95. The number of rotatable bonds is 3. The zero-order valence-electron chi connectivity index (χ0n) is 11.5. The fourth-order valence-electron chi connectivity index (χ4n) is 2.46. The fourth-order valence-corrected chi connectivity index (χ4v) is 3.01. The van der Waals surface area contributed by atoms with E-state index in [1.54, 1.807) is 11.3 Å². The first-order valence-corrected chi connectivity index (χ1v) is 7.60. The van der Waals surface area contributed by atoms with Crippen molar-refractivity contribution in [3.05, 3.63) is 40.1 Å². The first kappa shape index (κ1) is 13.5. The maximum atomic E-state index is 5.89. The van der Waals surface area contributed by atoms with E-state index in [2.05, 4.69) is 20.2 Å². The zero-order chi connectivity index (χ0) is 13.9. The van der Waals surface area contributed by atoms with Gasteiger partial charge < -0.3 is 10.5 Å². The third-order valence-electron chi connectivity index (χ3n) is 3.35. The summed E-state index contributed by atoms with van der Waals surface area (Å²) in [6, 6.07) is 3.78. The lowest BCUT2D eigenvalue weighted by molar-refractivity contribution is -0.0353. The van der Waals surface area contributed by atoms with Crippen molar-refractivity contribution in [1.82, 2.24) is 14.9 Å². The second-order valence-electron chi connectivity index (χ2n) is 5.04. The van der Waals surface area contributed by atoms with Gasteiger partial charge in [0.1, 0.15) is 6.10 Å². The Morgan fingerprint density at radius 3 is 3.15 bits per heavy atom. The minimum Gasteiger partial charge on any atom is -0.399 e. The molecule has 20 heavy (non-hydrogen) atoms. The first-order chi connectivity index (χ1) is 9.70. The van der Waals surface area contributed by atoms with Crippen LogP contribution in [0.25, 0.3) is 0 Å². The van der Waals surface area contributed by atoms with Gasteiger partial charge in [0, 0.05) is 36.4 Å². The molecular formula is C14H18N4OS. The smallest absolute Gasteiger partial charge is 0.112 e. The van der Waals surface area contributed by atoms with Crippen LogP contribution in [-0.4, -0.2) is 34.6 Å². The van der Waals surface area contributed by atoms with Gasteiger partial charge in [0.05, 0.1) is 23.5 Å². The maximum absolute atomic E-state index is 5.89. The molecule has 2 N–H and O–H groups in total. The number of nitrogen functional groups attached to an aromatic ring is 1. The molecule has 1 atom stereocenters. The van der Waals surface area contributed by atoms with Crippen molar-refractivity contribution >= 4 is 17.0 Å². The molecule has 3 rings (SSSR count). The molecule has 1 aliphatic rings. The number of pyridine rings is 1. The quantitative estimate of drug-likeness (QED) is 0.936. The summed E-state index contributed by atoms with van der Waals surface area (Å²) in [7, 11) is 0. The van der Waals surface area contributed by atoms with Gasteiger partial charge in [-0.1, -0.05) is 0 Å². The molecule has 0 radical (unpaired) electrons. The third-order valence-corrected chi connectivity index (χ3v) is 3.98. The SMILES string of the molecule is Cc1cc(N)cc([C@@H]2CN(Cc3cscn3)CCO2)n1. The molecule has 0 bridgehead atoms. The summed E-state index contributed by atoms with van der Waals surface area (Å²) < 4.78 is 5.85. The molecule has 2 aromatic heterocycles. The normalized spacial score (nSPS) is 20.1. The van der Waals surface area contributed by atoms with Crippen molar-refractivity contribution in [3.63, 3.8) is 0 Å². The van der Waals surface area contributed by atoms with Gasteiger partial charge >= 0.3 is 0 Å². The molecule has 0 aliphatic carbocycles. The van der Waals surface area contributed by atoms with Crippen LogP contribution in [-0.2, 0) is 11.3 Å². The van der Waals surface area contributed by atoms with E-state index in [1.165, 1.54) is 0 Å². The molecule has 0 amide bonds. The number of nitrogens with zero attached hydrogens (tertiary/aromatic N) is 3. The minimum atomic E-state index is -0.00964. The molecule has 6 heteroatoms. The number of hydrogen-bond donors (Lipinski definition) is 1. The number of hydrogen-bond acceptors (Lipinski definition) is 6. The van der Waals surface area contributed by atoms with Gasteiger partial charge in [0.2, 0.25) is 0 Å². The van der Waals surface area contributed by atoms with Gasteiger partial charge in [0.15, 0.2) is 0 Å². The number of nitrogens with two attached hydrogens (primary N) is 1. The van der Waals surface area contributed by atoms with Crippen molar-refractivity contribution in [3.8, 4) is 0 Å². The number of morpholine rings is 1. The highest BCUT2D eigenvalue weighted by Crippen LogP contribution is 2.23. The molecule has 0 saturated carbocycles. The van der Waals surface area contributed by atoms with Crippen molar-refractivity contribution in [2.24, 2.45) is 0 Å². The standard InChI is InChI=1S/C14H18N4OS/c1-10-4-11(15)5-13(17-10)14-7-18(2-3-19-14)6-12-8-20-9-16-12/h4-5,8-9,14H,2-3,6-7H2,1H3,(H2,15,17)/t14-/m0/s1. The number of thiazole rings is 1. The summed E-state index contributed by atoms with van der Waals surface area (Å²) in [5.41, 5.74) is 11.5.